The SMILES string of the molecule is CCCC(CCC)P(c1c(C)sc(C)c1C1=C(OP(c2ccccc2)c2ccccc2)CCC=C1)C1CCCCC1. The van der Waals surface area contributed by atoms with Crippen LogP contribution in [0.25, 0.3) is 5.57 Å². The fourth-order valence-electron chi connectivity index (χ4n) is 6.86. The molecule has 0 amide bonds. The maximum Gasteiger partial charge on any atom is 0.150 e. The summed E-state index contributed by atoms with van der Waals surface area (Å²) in [5.74, 6) is 1.20. The van der Waals surface area contributed by atoms with Gasteiger partial charge < -0.3 is 4.52 Å². The Bertz CT molecular complexity index is 1260. The first-order valence-electron chi connectivity index (χ1n) is 16.0. The summed E-state index contributed by atoms with van der Waals surface area (Å²) in [6.45, 7) is 9.61. The molecule has 1 atom stereocenters. The molecule has 1 fully saturated rings. The Kier molecular flexibility index (Phi) is 11.3. The first-order valence-corrected chi connectivity index (χ1v) is 19.5. The molecule has 1 heterocycles. The molecule has 2 aromatic carbocycles. The Morgan fingerprint density at radius 1 is 0.829 bits per heavy atom. The second-order valence-electron chi connectivity index (χ2n) is 11.7. The number of allylic oxidation sites excluding steroid dienone is 4. The van der Waals surface area contributed by atoms with Crippen LogP contribution in [0.2, 0.25) is 0 Å². The molecule has 0 saturated heterocycles. The molecule has 0 radical (unpaired) electrons. The molecule has 0 N–H and O–H groups in total. The van der Waals surface area contributed by atoms with Crippen LogP contribution in [0.4, 0.5) is 0 Å². The predicted octanol–water partition coefficient (Wildman–Crippen LogP) is 10.9. The van der Waals surface area contributed by atoms with Gasteiger partial charge in [0.1, 0.15) is 13.9 Å². The van der Waals surface area contributed by atoms with Crippen LogP contribution in [-0.2, 0) is 4.52 Å². The van der Waals surface area contributed by atoms with Gasteiger partial charge in [0.2, 0.25) is 0 Å². The molecule has 4 heteroatoms. The highest BCUT2D eigenvalue weighted by atomic mass is 32.1. The van der Waals surface area contributed by atoms with Crippen LogP contribution in [0.1, 0.15) is 99.8 Å². The van der Waals surface area contributed by atoms with Crippen molar-refractivity contribution in [2.75, 3.05) is 0 Å². The monoisotopic (exact) mass is 602 g/mol. The van der Waals surface area contributed by atoms with Crippen molar-refractivity contribution in [3.05, 3.63) is 93.9 Å². The molecule has 0 aliphatic heterocycles. The first-order chi connectivity index (χ1) is 20.1. The average molecular weight is 603 g/mol. The second-order valence-corrected chi connectivity index (χ2v) is 17.7. The van der Waals surface area contributed by atoms with E-state index in [1.54, 1.807) is 15.7 Å². The Morgan fingerprint density at radius 3 is 2.02 bits per heavy atom. The van der Waals surface area contributed by atoms with Crippen LogP contribution in [0.5, 0.6) is 0 Å². The second kappa shape index (κ2) is 15.1. The summed E-state index contributed by atoms with van der Waals surface area (Å²) in [5.41, 5.74) is 4.63. The minimum atomic E-state index is -0.938. The number of benzene rings is 2. The van der Waals surface area contributed by atoms with E-state index in [-0.39, 0.29) is 7.92 Å². The Morgan fingerprint density at radius 2 is 1.44 bits per heavy atom. The van der Waals surface area contributed by atoms with Gasteiger partial charge in [-0.05, 0) is 62.6 Å². The van der Waals surface area contributed by atoms with Crippen molar-refractivity contribution in [1.82, 2.24) is 0 Å². The van der Waals surface area contributed by atoms with Crippen molar-refractivity contribution in [2.24, 2.45) is 0 Å². The highest BCUT2D eigenvalue weighted by molar-refractivity contribution is 7.68. The highest BCUT2D eigenvalue weighted by Crippen LogP contribution is 2.57. The van der Waals surface area contributed by atoms with E-state index in [4.69, 9.17) is 4.52 Å². The molecule has 218 valence electrons. The zero-order valence-electron chi connectivity index (χ0n) is 25.6. The van der Waals surface area contributed by atoms with E-state index in [1.165, 1.54) is 84.6 Å². The van der Waals surface area contributed by atoms with E-state index in [9.17, 15) is 0 Å². The van der Waals surface area contributed by atoms with E-state index in [1.807, 2.05) is 11.3 Å². The average Bonchev–Trinajstić information content (AvgIpc) is 3.30. The number of hydrogen-bond donors (Lipinski definition) is 0. The molecule has 0 spiro atoms. The summed E-state index contributed by atoms with van der Waals surface area (Å²) >= 11 is 2.05. The maximum absolute atomic E-state index is 7.24. The molecule has 0 bridgehead atoms. The topological polar surface area (TPSA) is 9.23 Å². The van der Waals surface area contributed by atoms with Gasteiger partial charge in [-0.1, -0.05) is 127 Å². The van der Waals surface area contributed by atoms with Gasteiger partial charge in [-0.2, -0.15) is 0 Å². The summed E-state index contributed by atoms with van der Waals surface area (Å²) in [6.07, 6.45) is 19.3. The fourth-order valence-corrected chi connectivity index (χ4v) is 14.4. The molecule has 1 aromatic heterocycles. The van der Waals surface area contributed by atoms with Gasteiger partial charge in [0.15, 0.2) is 0 Å². The van der Waals surface area contributed by atoms with Crippen LogP contribution in [-0.4, -0.2) is 11.3 Å². The zero-order valence-corrected chi connectivity index (χ0v) is 28.2. The minimum absolute atomic E-state index is 0.230. The number of rotatable bonds is 12. The third-order valence-corrected chi connectivity index (χ3v) is 15.5. The number of aryl methyl sites for hydroxylation is 2. The van der Waals surface area contributed by atoms with Gasteiger partial charge in [0.05, 0.1) is 0 Å². The van der Waals surface area contributed by atoms with Crippen molar-refractivity contribution in [3.8, 4) is 0 Å². The lowest BCUT2D eigenvalue weighted by molar-refractivity contribution is 0.458. The van der Waals surface area contributed by atoms with Gasteiger partial charge in [0, 0.05) is 37.9 Å². The molecule has 2 aliphatic rings. The molecule has 2 aliphatic carbocycles. The van der Waals surface area contributed by atoms with Crippen LogP contribution >= 0.6 is 27.4 Å². The Labute approximate surface area is 256 Å². The summed E-state index contributed by atoms with van der Waals surface area (Å²) in [6, 6.07) is 21.8. The van der Waals surface area contributed by atoms with E-state index in [0.29, 0.717) is 0 Å². The van der Waals surface area contributed by atoms with Crippen LogP contribution < -0.4 is 15.9 Å². The largest absolute Gasteiger partial charge is 0.468 e. The highest BCUT2D eigenvalue weighted by Gasteiger charge is 2.36. The summed E-state index contributed by atoms with van der Waals surface area (Å²) < 4.78 is 7.24. The zero-order chi connectivity index (χ0) is 28.6. The quantitative estimate of drug-likeness (QED) is 0.187. The van der Waals surface area contributed by atoms with Crippen LogP contribution in [0, 0.1) is 13.8 Å². The molecular weight excluding hydrogens is 554 g/mol. The molecule has 1 nitrogen and oxygen atoms in total. The van der Waals surface area contributed by atoms with Crippen molar-refractivity contribution < 1.29 is 4.52 Å². The van der Waals surface area contributed by atoms with Crippen molar-refractivity contribution in [3.63, 3.8) is 0 Å². The van der Waals surface area contributed by atoms with Crippen LogP contribution in [0.15, 0.2) is 78.6 Å². The molecule has 3 aromatic rings. The lowest BCUT2D eigenvalue weighted by atomic mass is 9.98. The van der Waals surface area contributed by atoms with Gasteiger partial charge >= 0.3 is 0 Å². The van der Waals surface area contributed by atoms with Gasteiger partial charge in [-0.25, -0.2) is 0 Å². The molecule has 41 heavy (non-hydrogen) atoms. The molecule has 5 rings (SSSR count). The number of thiophene rings is 1. The van der Waals surface area contributed by atoms with Gasteiger partial charge in [-0.15, -0.1) is 11.3 Å². The maximum atomic E-state index is 7.24. The van der Waals surface area contributed by atoms with Crippen molar-refractivity contribution in [1.29, 1.82) is 0 Å². The standard InChI is InChI=1S/C37H48OP2S/c1-5-18-30(19-6-2)39(31-20-10-7-11-21-31)37-29(4)41-28(3)36(37)34-26-16-17-27-35(34)38-40(32-22-12-8-13-23-32)33-24-14-9-15-25-33/h8-9,12-16,22-26,30-31H,5-7,10-11,17-21,27H2,1-4H3. The van der Waals surface area contributed by atoms with E-state index < -0.39 is 8.15 Å². The van der Waals surface area contributed by atoms with Gasteiger partial charge in [0.25, 0.3) is 0 Å². The minimum Gasteiger partial charge on any atom is -0.468 e. The third kappa shape index (κ3) is 7.26. The Hall–Kier alpha value is -1.72. The molecule has 1 unspecified atom stereocenters. The molecule has 1 saturated carbocycles. The van der Waals surface area contributed by atoms with Crippen molar-refractivity contribution >= 4 is 48.9 Å². The lowest BCUT2D eigenvalue weighted by Gasteiger charge is -2.38. The van der Waals surface area contributed by atoms with E-state index >= 15 is 0 Å². The Balaban J connectivity index is 1.63. The van der Waals surface area contributed by atoms with Gasteiger partial charge in [-0.3, -0.25) is 0 Å². The third-order valence-electron chi connectivity index (χ3n) is 8.67. The summed E-state index contributed by atoms with van der Waals surface area (Å²) in [5, 5.41) is 4.31. The van der Waals surface area contributed by atoms with E-state index in [0.717, 1.165) is 24.2 Å². The first kappa shape index (κ1) is 30.7. The molecular formula is C37H48OP2S. The fraction of sp³-hybridized carbons (Fsp3) is 0.459. The van der Waals surface area contributed by atoms with Crippen LogP contribution in [0.3, 0.4) is 0 Å². The smallest absolute Gasteiger partial charge is 0.150 e. The summed E-state index contributed by atoms with van der Waals surface area (Å²) in [7, 11) is -1.17. The summed E-state index contributed by atoms with van der Waals surface area (Å²) in [4.78, 5) is 3.06. The lowest BCUT2D eigenvalue weighted by Crippen LogP contribution is -2.27. The predicted molar refractivity (Wildman–Crippen MR) is 186 cm³/mol. The number of hydrogen-bond acceptors (Lipinski definition) is 2. The van der Waals surface area contributed by atoms with E-state index in [2.05, 4.69) is 101 Å². The van der Waals surface area contributed by atoms with Crippen molar-refractivity contribution in [2.45, 2.75) is 110 Å². The normalized spacial score (nSPS) is 17.0.